The highest BCUT2D eigenvalue weighted by molar-refractivity contribution is 5.23. The predicted molar refractivity (Wildman–Crippen MR) is 70.5 cm³/mol. The van der Waals surface area contributed by atoms with E-state index in [4.69, 9.17) is 0 Å². The number of hydrogen-bond acceptors (Lipinski definition) is 6. The van der Waals surface area contributed by atoms with E-state index < -0.39 is 16.5 Å². The first kappa shape index (κ1) is 13.7. The molecule has 4 saturated heterocycles. The summed E-state index contributed by atoms with van der Waals surface area (Å²) in [5.41, 5.74) is -3.87. The van der Waals surface area contributed by atoms with Crippen LogP contribution in [0.1, 0.15) is 27.7 Å². The van der Waals surface area contributed by atoms with Gasteiger partial charge in [0.1, 0.15) is 5.41 Å². The summed E-state index contributed by atoms with van der Waals surface area (Å²) in [5, 5.41) is 23.5. The molecule has 4 fully saturated rings. The zero-order valence-corrected chi connectivity index (χ0v) is 12.3. The lowest BCUT2D eigenvalue weighted by molar-refractivity contribution is -0.681. The summed E-state index contributed by atoms with van der Waals surface area (Å²) in [5.74, 6) is 0. The Labute approximate surface area is 117 Å². The topological polar surface area (TPSA) is 92.8 Å². The number of nitro groups is 2. The van der Waals surface area contributed by atoms with Gasteiger partial charge in [0.15, 0.2) is 0 Å². The molecule has 0 aromatic carbocycles. The van der Waals surface area contributed by atoms with Gasteiger partial charge in [0.25, 0.3) is 11.1 Å². The molecular formula is C12H20N4O4. The molecule has 0 aromatic rings. The van der Waals surface area contributed by atoms with Crippen molar-refractivity contribution in [3.05, 3.63) is 20.2 Å². The summed E-state index contributed by atoms with van der Waals surface area (Å²) in [7, 11) is 0. The number of piperidine rings is 2. The van der Waals surface area contributed by atoms with Crippen LogP contribution in [0.5, 0.6) is 0 Å². The van der Waals surface area contributed by atoms with Gasteiger partial charge in [0, 0.05) is 9.85 Å². The Morgan fingerprint density at radius 3 is 1.35 bits per heavy atom. The van der Waals surface area contributed by atoms with Gasteiger partial charge >= 0.3 is 0 Å². The van der Waals surface area contributed by atoms with Crippen LogP contribution >= 0.6 is 0 Å². The number of hydrogen-bond donors (Lipinski definition) is 0. The van der Waals surface area contributed by atoms with E-state index in [2.05, 4.69) is 0 Å². The minimum Gasteiger partial charge on any atom is -0.271 e. The highest BCUT2D eigenvalue weighted by Gasteiger charge is 2.82. The highest BCUT2D eigenvalue weighted by atomic mass is 16.6. The third-order valence-electron chi connectivity index (χ3n) is 6.38. The summed E-state index contributed by atoms with van der Waals surface area (Å²) in [4.78, 5) is 26.8. The Bertz CT molecular complexity index is 462. The largest absolute Gasteiger partial charge is 0.271 e. The van der Waals surface area contributed by atoms with Crippen LogP contribution < -0.4 is 0 Å². The van der Waals surface area contributed by atoms with E-state index in [0.717, 1.165) is 0 Å². The molecular weight excluding hydrogens is 264 g/mol. The molecule has 4 aliphatic rings. The maximum atomic E-state index is 11.8. The van der Waals surface area contributed by atoms with Gasteiger partial charge in [-0.15, -0.1) is 0 Å². The van der Waals surface area contributed by atoms with Crippen LogP contribution in [0.2, 0.25) is 0 Å². The van der Waals surface area contributed by atoms with Gasteiger partial charge in [-0.25, -0.2) is 0 Å². The summed E-state index contributed by atoms with van der Waals surface area (Å²) in [6, 6.07) is 0. The van der Waals surface area contributed by atoms with Gasteiger partial charge in [0.2, 0.25) is 0 Å². The number of nitrogens with zero attached hydrogens (tertiary/aromatic N) is 4. The first-order chi connectivity index (χ1) is 9.01. The van der Waals surface area contributed by atoms with Crippen molar-refractivity contribution in [2.24, 2.45) is 5.41 Å². The number of rotatable bonds is 2. The van der Waals surface area contributed by atoms with E-state index in [1.54, 1.807) is 13.8 Å². The fourth-order valence-electron chi connectivity index (χ4n) is 4.36. The lowest BCUT2D eigenvalue weighted by Gasteiger charge is -2.68. The second kappa shape index (κ2) is 3.30. The van der Waals surface area contributed by atoms with Gasteiger partial charge in [-0.2, -0.15) is 0 Å². The van der Waals surface area contributed by atoms with Gasteiger partial charge < -0.3 is 0 Å². The van der Waals surface area contributed by atoms with Crippen LogP contribution in [0.15, 0.2) is 0 Å². The first-order valence-electron chi connectivity index (χ1n) is 6.80. The fourth-order valence-corrected chi connectivity index (χ4v) is 4.36. The van der Waals surface area contributed by atoms with Crippen LogP contribution in [0.4, 0.5) is 0 Å². The van der Waals surface area contributed by atoms with E-state index >= 15 is 0 Å². The lowest BCUT2D eigenvalue weighted by Crippen LogP contribution is -2.92. The van der Waals surface area contributed by atoms with Crippen LogP contribution in [-0.2, 0) is 0 Å². The van der Waals surface area contributed by atoms with E-state index in [0.29, 0.717) is 0 Å². The lowest BCUT2D eigenvalue weighted by atomic mass is 9.53. The second-order valence-electron chi connectivity index (χ2n) is 7.41. The van der Waals surface area contributed by atoms with Crippen molar-refractivity contribution in [3.8, 4) is 0 Å². The molecule has 0 saturated carbocycles. The minimum atomic E-state index is -1.27. The van der Waals surface area contributed by atoms with Crippen molar-refractivity contribution in [3.63, 3.8) is 0 Å². The van der Waals surface area contributed by atoms with Gasteiger partial charge in [0.05, 0.1) is 31.8 Å². The first-order valence-corrected chi connectivity index (χ1v) is 6.80. The van der Waals surface area contributed by atoms with Crippen molar-refractivity contribution in [1.29, 1.82) is 0 Å². The molecule has 0 aromatic heterocycles. The Morgan fingerprint density at radius 2 is 1.10 bits per heavy atom. The second-order valence-corrected chi connectivity index (χ2v) is 7.41. The third kappa shape index (κ3) is 1.12. The Balaban J connectivity index is 2.23. The quantitative estimate of drug-likeness (QED) is 0.539. The van der Waals surface area contributed by atoms with Crippen molar-refractivity contribution >= 4 is 0 Å². The molecule has 0 radical (unpaired) electrons. The van der Waals surface area contributed by atoms with Crippen molar-refractivity contribution in [2.75, 3.05) is 26.2 Å². The van der Waals surface area contributed by atoms with Crippen molar-refractivity contribution in [1.82, 2.24) is 9.80 Å². The molecule has 4 heterocycles. The molecule has 8 nitrogen and oxygen atoms in total. The molecule has 0 atom stereocenters. The van der Waals surface area contributed by atoms with Gasteiger partial charge in [-0.1, -0.05) is 0 Å². The molecule has 0 aliphatic carbocycles. The molecule has 4 aliphatic heterocycles. The highest BCUT2D eigenvalue weighted by Crippen LogP contribution is 2.58. The van der Waals surface area contributed by atoms with Crippen molar-refractivity contribution in [2.45, 2.75) is 44.4 Å². The maximum absolute atomic E-state index is 11.8. The summed E-state index contributed by atoms with van der Waals surface area (Å²) < 4.78 is 0. The summed E-state index contributed by atoms with van der Waals surface area (Å²) in [6.45, 7) is 8.51. The molecule has 112 valence electrons. The fraction of sp³-hybridized carbons (Fsp3) is 1.00. The van der Waals surface area contributed by atoms with Gasteiger partial charge in [-0.3, -0.25) is 30.0 Å². The zero-order chi connectivity index (χ0) is 15.1. The van der Waals surface area contributed by atoms with Crippen LogP contribution in [0, 0.1) is 25.6 Å². The maximum Gasteiger partial charge on any atom is 0.259 e. The average molecular weight is 284 g/mol. The smallest absolute Gasteiger partial charge is 0.259 e. The van der Waals surface area contributed by atoms with E-state index in [9.17, 15) is 20.2 Å². The van der Waals surface area contributed by atoms with E-state index in [1.807, 2.05) is 23.6 Å². The molecule has 20 heavy (non-hydrogen) atoms. The molecule has 8 heteroatoms. The molecule has 4 rings (SSSR count). The minimum absolute atomic E-state index is 0.279. The van der Waals surface area contributed by atoms with Crippen molar-refractivity contribution < 1.29 is 9.85 Å². The third-order valence-corrected chi connectivity index (χ3v) is 6.38. The van der Waals surface area contributed by atoms with Crippen LogP contribution in [0.25, 0.3) is 0 Å². The monoisotopic (exact) mass is 284 g/mol. The summed E-state index contributed by atoms with van der Waals surface area (Å²) >= 11 is 0. The Morgan fingerprint density at radius 1 is 0.800 bits per heavy atom. The average Bonchev–Trinajstić information content (AvgIpc) is 2.25. The molecule has 0 unspecified atom stereocenters. The summed E-state index contributed by atoms with van der Waals surface area (Å²) in [6.07, 6.45) is 0. The predicted octanol–water partition coefficient (Wildman–Crippen LogP) is 0.425. The van der Waals surface area contributed by atoms with E-state index in [-0.39, 0.29) is 41.7 Å². The Kier molecular flexibility index (Phi) is 2.26. The molecule has 0 spiro atoms. The van der Waals surface area contributed by atoms with E-state index in [1.165, 1.54) is 0 Å². The molecule has 0 N–H and O–H groups in total. The van der Waals surface area contributed by atoms with Gasteiger partial charge in [-0.05, 0) is 27.7 Å². The SMILES string of the molecule is CC1(C)N2CC3([N+](=O)[O-])CN1CC([N+](=O)[O-])(C2)C3(C)C. The zero-order valence-electron chi connectivity index (χ0n) is 12.3. The molecule has 0 amide bonds. The molecule has 4 bridgehead atoms. The standard InChI is InChI=1S/C12H20N4O4/c1-9(2)11(15(17)18)5-13-7-12(9,16(19)20)8-14(6-11)10(13,3)4/h5-8H2,1-4H3. The Hall–Kier alpha value is -1.28. The van der Waals surface area contributed by atoms with Crippen LogP contribution in [0.3, 0.4) is 0 Å². The normalized spacial score (nSPS) is 47.2. The van der Waals surface area contributed by atoms with Crippen LogP contribution in [-0.4, -0.2) is 62.6 Å².